The lowest BCUT2D eigenvalue weighted by Gasteiger charge is -2.14. The molecule has 0 aliphatic heterocycles. The summed E-state index contributed by atoms with van der Waals surface area (Å²) in [4.78, 5) is 10.5. The highest BCUT2D eigenvalue weighted by molar-refractivity contribution is 6.14. The van der Waals surface area contributed by atoms with Crippen molar-refractivity contribution >= 4 is 54.6 Å². The summed E-state index contributed by atoms with van der Waals surface area (Å²) in [6.07, 6.45) is 0. The summed E-state index contributed by atoms with van der Waals surface area (Å²) in [5, 5.41) is 5.62. The third kappa shape index (κ3) is 4.10. The topological polar surface area (TPSA) is 43.9 Å². The largest absolute Gasteiger partial charge is 0.456 e. The molecule has 0 saturated carbocycles. The zero-order valence-electron chi connectivity index (χ0n) is 25.8. The van der Waals surface area contributed by atoms with Crippen LogP contribution in [0.15, 0.2) is 168 Å². The summed E-state index contributed by atoms with van der Waals surface area (Å²) in [7, 11) is 0. The van der Waals surface area contributed by atoms with Gasteiger partial charge in [-0.25, -0.2) is 9.97 Å². The molecule has 0 spiro atoms. The number of hydrogen-bond acceptors (Lipinski definition) is 3. The van der Waals surface area contributed by atoms with Gasteiger partial charge < -0.3 is 4.42 Å². The maximum atomic E-state index is 6.12. The molecule has 48 heavy (non-hydrogen) atoms. The Labute approximate surface area is 276 Å². The molecule has 0 fully saturated rings. The number of hydrogen-bond donors (Lipinski definition) is 0. The lowest BCUT2D eigenvalue weighted by Crippen LogP contribution is -2.04. The second-order valence-corrected chi connectivity index (χ2v) is 12.2. The van der Waals surface area contributed by atoms with Crippen molar-refractivity contribution in [2.45, 2.75) is 0 Å². The third-order valence-corrected chi connectivity index (χ3v) is 9.42. The van der Waals surface area contributed by atoms with Crippen LogP contribution >= 0.6 is 0 Å². The molecule has 0 saturated heterocycles. The SMILES string of the molecule is c1ccc(-c2nc(-n3c4ccccc4c4cccc(-c5cccc(-c6ccc7oc8ccccc8c7c6)c5)c43)nc3ccccc23)cc1. The van der Waals surface area contributed by atoms with Gasteiger partial charge in [-0.15, -0.1) is 0 Å². The highest BCUT2D eigenvalue weighted by Gasteiger charge is 2.20. The quantitative estimate of drug-likeness (QED) is 0.198. The fourth-order valence-corrected chi connectivity index (χ4v) is 7.21. The van der Waals surface area contributed by atoms with Crippen LogP contribution in [0.25, 0.3) is 94.1 Å². The van der Waals surface area contributed by atoms with Crippen LogP contribution in [0.5, 0.6) is 0 Å². The van der Waals surface area contributed by atoms with Crippen LogP contribution < -0.4 is 0 Å². The van der Waals surface area contributed by atoms with E-state index in [1.807, 2.05) is 24.3 Å². The van der Waals surface area contributed by atoms with Gasteiger partial charge in [0.2, 0.25) is 5.95 Å². The molecule has 0 aliphatic rings. The van der Waals surface area contributed by atoms with Crippen LogP contribution in [0.1, 0.15) is 0 Å². The summed E-state index contributed by atoms with van der Waals surface area (Å²) < 4.78 is 8.36. The van der Waals surface area contributed by atoms with Gasteiger partial charge >= 0.3 is 0 Å². The zero-order chi connectivity index (χ0) is 31.6. The van der Waals surface area contributed by atoms with Crippen LogP contribution in [0.4, 0.5) is 0 Å². The Hall–Kier alpha value is -6.52. The predicted octanol–water partition coefficient (Wildman–Crippen LogP) is 11.6. The minimum atomic E-state index is 0.652. The number of furan rings is 1. The van der Waals surface area contributed by atoms with Crippen molar-refractivity contribution in [3.63, 3.8) is 0 Å². The smallest absolute Gasteiger partial charge is 0.235 e. The first-order valence-corrected chi connectivity index (χ1v) is 16.2. The van der Waals surface area contributed by atoms with E-state index in [1.165, 1.54) is 5.39 Å². The van der Waals surface area contributed by atoms with Crippen LogP contribution in [0.3, 0.4) is 0 Å². The Kier molecular flexibility index (Phi) is 5.84. The summed E-state index contributed by atoms with van der Waals surface area (Å²) >= 11 is 0. The molecule has 3 aromatic heterocycles. The predicted molar refractivity (Wildman–Crippen MR) is 197 cm³/mol. The maximum Gasteiger partial charge on any atom is 0.235 e. The van der Waals surface area contributed by atoms with E-state index in [0.29, 0.717) is 5.95 Å². The Bertz CT molecular complexity index is 2840. The van der Waals surface area contributed by atoms with Crippen molar-refractivity contribution in [2.75, 3.05) is 0 Å². The molecule has 0 atom stereocenters. The highest BCUT2D eigenvalue weighted by Crippen LogP contribution is 2.40. The molecule has 224 valence electrons. The minimum absolute atomic E-state index is 0.652. The molecule has 3 heterocycles. The number of aromatic nitrogens is 3. The van der Waals surface area contributed by atoms with Gasteiger partial charge in [-0.05, 0) is 53.1 Å². The van der Waals surface area contributed by atoms with Gasteiger partial charge in [-0.1, -0.05) is 127 Å². The van der Waals surface area contributed by atoms with Crippen molar-refractivity contribution in [2.24, 2.45) is 0 Å². The van der Waals surface area contributed by atoms with Crippen molar-refractivity contribution in [3.05, 3.63) is 164 Å². The van der Waals surface area contributed by atoms with Gasteiger partial charge in [0, 0.05) is 38.1 Å². The average molecular weight is 614 g/mol. The molecule has 7 aromatic carbocycles. The molecule has 4 nitrogen and oxygen atoms in total. The van der Waals surface area contributed by atoms with Crippen LogP contribution in [-0.2, 0) is 0 Å². The zero-order valence-corrected chi connectivity index (χ0v) is 25.8. The van der Waals surface area contributed by atoms with Crippen LogP contribution in [-0.4, -0.2) is 14.5 Å². The van der Waals surface area contributed by atoms with E-state index in [1.54, 1.807) is 0 Å². The Balaban J connectivity index is 1.22. The summed E-state index contributed by atoms with van der Waals surface area (Å²) in [6.45, 7) is 0. The van der Waals surface area contributed by atoms with E-state index in [4.69, 9.17) is 14.4 Å². The second kappa shape index (κ2) is 10.5. The van der Waals surface area contributed by atoms with E-state index in [2.05, 4.69) is 144 Å². The molecule has 0 unspecified atom stereocenters. The summed E-state index contributed by atoms with van der Waals surface area (Å²) in [5.74, 6) is 0.652. The summed E-state index contributed by atoms with van der Waals surface area (Å²) in [6, 6.07) is 57.3. The average Bonchev–Trinajstić information content (AvgIpc) is 3.70. The van der Waals surface area contributed by atoms with E-state index < -0.39 is 0 Å². The first-order chi connectivity index (χ1) is 23.8. The Morgan fingerprint density at radius 3 is 2.00 bits per heavy atom. The van der Waals surface area contributed by atoms with Crippen molar-refractivity contribution in [3.8, 4) is 39.5 Å². The van der Waals surface area contributed by atoms with E-state index >= 15 is 0 Å². The number of fused-ring (bicyclic) bond motifs is 7. The van der Waals surface area contributed by atoms with Crippen molar-refractivity contribution in [1.29, 1.82) is 0 Å². The van der Waals surface area contributed by atoms with Crippen LogP contribution in [0, 0.1) is 0 Å². The van der Waals surface area contributed by atoms with E-state index in [-0.39, 0.29) is 0 Å². The van der Waals surface area contributed by atoms with Crippen molar-refractivity contribution in [1.82, 2.24) is 14.5 Å². The van der Waals surface area contributed by atoms with Gasteiger partial charge in [0.15, 0.2) is 0 Å². The molecular weight excluding hydrogens is 587 g/mol. The lowest BCUT2D eigenvalue weighted by molar-refractivity contribution is 0.669. The number of nitrogens with zero attached hydrogens (tertiary/aromatic N) is 3. The standard InChI is InChI=1S/C44H27N3O/c1-2-12-28(13-3-1)42-36-18-4-7-21-38(36)45-44(46-42)47-39-22-8-5-16-33(39)35-20-11-19-32(43(35)47)31-15-10-14-29(26-31)30-24-25-41-37(27-30)34-17-6-9-23-40(34)48-41/h1-27H. The molecular formula is C44H27N3O. The second-order valence-electron chi connectivity index (χ2n) is 12.2. The molecule has 0 N–H and O–H groups in total. The van der Waals surface area contributed by atoms with E-state index in [9.17, 15) is 0 Å². The first kappa shape index (κ1) is 26.7. The number of benzene rings is 7. The number of para-hydroxylation sites is 4. The van der Waals surface area contributed by atoms with Gasteiger partial charge in [0.25, 0.3) is 0 Å². The van der Waals surface area contributed by atoms with E-state index in [0.717, 1.165) is 82.8 Å². The molecule has 0 aliphatic carbocycles. The minimum Gasteiger partial charge on any atom is -0.456 e. The van der Waals surface area contributed by atoms with Crippen LogP contribution in [0.2, 0.25) is 0 Å². The number of rotatable bonds is 4. The highest BCUT2D eigenvalue weighted by atomic mass is 16.3. The summed E-state index contributed by atoms with van der Waals surface area (Å²) in [5.41, 5.74) is 11.4. The molecule has 10 rings (SSSR count). The molecule has 10 aromatic rings. The molecule has 4 heteroatoms. The fraction of sp³-hybridized carbons (Fsp3) is 0. The third-order valence-electron chi connectivity index (χ3n) is 9.42. The monoisotopic (exact) mass is 613 g/mol. The molecule has 0 radical (unpaired) electrons. The Morgan fingerprint density at radius 2 is 1.08 bits per heavy atom. The van der Waals surface area contributed by atoms with Gasteiger partial charge in [0.1, 0.15) is 11.2 Å². The van der Waals surface area contributed by atoms with Gasteiger partial charge in [0.05, 0.1) is 22.2 Å². The molecule has 0 amide bonds. The van der Waals surface area contributed by atoms with Gasteiger partial charge in [-0.2, -0.15) is 0 Å². The van der Waals surface area contributed by atoms with Gasteiger partial charge in [-0.3, -0.25) is 4.57 Å². The maximum absolute atomic E-state index is 6.12. The Morgan fingerprint density at radius 1 is 0.417 bits per heavy atom. The van der Waals surface area contributed by atoms with Crippen molar-refractivity contribution < 1.29 is 4.42 Å². The first-order valence-electron chi connectivity index (χ1n) is 16.2. The molecule has 0 bridgehead atoms. The fourth-order valence-electron chi connectivity index (χ4n) is 7.21. The lowest BCUT2D eigenvalue weighted by atomic mass is 9.96. The normalized spacial score (nSPS) is 11.8.